The van der Waals surface area contributed by atoms with Gasteiger partial charge in [-0.1, -0.05) is 29.8 Å². The lowest BCUT2D eigenvalue weighted by Crippen LogP contribution is -2.35. The third-order valence-electron chi connectivity index (χ3n) is 3.45. The van der Waals surface area contributed by atoms with E-state index in [0.717, 1.165) is 0 Å². The summed E-state index contributed by atoms with van der Waals surface area (Å²) >= 11 is 6.11. The summed E-state index contributed by atoms with van der Waals surface area (Å²) < 4.78 is 22.5. The molecule has 6 N–H and O–H groups in total. The highest BCUT2D eigenvalue weighted by atomic mass is 35.5. The molecule has 0 heterocycles. The summed E-state index contributed by atoms with van der Waals surface area (Å²) in [5, 5.41) is 10.5. The van der Waals surface area contributed by atoms with Crippen LogP contribution < -0.4 is 21.5 Å². The normalized spacial score (nSPS) is 12.2. The van der Waals surface area contributed by atoms with Crippen LogP contribution >= 0.6 is 11.6 Å². The minimum Gasteiger partial charge on any atom is -0.352 e. The molecule has 0 saturated heterocycles. The zero-order chi connectivity index (χ0) is 19.3. The fourth-order valence-corrected chi connectivity index (χ4v) is 3.08. The predicted molar refractivity (Wildman–Crippen MR) is 98.0 cm³/mol. The van der Waals surface area contributed by atoms with Crippen molar-refractivity contribution in [3.63, 3.8) is 0 Å². The number of benzene rings is 2. The second-order valence-corrected chi connectivity index (χ2v) is 7.37. The highest BCUT2D eigenvalue weighted by Gasteiger charge is 2.20. The Labute approximate surface area is 155 Å². The third kappa shape index (κ3) is 5.45. The summed E-state index contributed by atoms with van der Waals surface area (Å²) in [4.78, 5) is 23.4. The number of sulfonamides is 1. The molecule has 0 aliphatic heterocycles. The number of carbonyl (C=O) groups excluding carboxylic acids is 2. The Morgan fingerprint density at radius 1 is 1.08 bits per heavy atom. The number of primary sulfonamides is 1. The maximum absolute atomic E-state index is 12.3. The van der Waals surface area contributed by atoms with Crippen molar-refractivity contribution >= 4 is 39.2 Å². The third-order valence-corrected chi connectivity index (χ3v) is 4.73. The zero-order valence-electron chi connectivity index (χ0n) is 13.5. The van der Waals surface area contributed by atoms with Crippen LogP contribution in [-0.2, 0) is 14.8 Å². The maximum atomic E-state index is 12.3. The molecule has 0 bridgehead atoms. The first kappa shape index (κ1) is 19.7. The molecule has 1 unspecified atom stereocenters. The number of anilines is 1. The van der Waals surface area contributed by atoms with Crippen molar-refractivity contribution in [1.29, 1.82) is 0 Å². The lowest BCUT2D eigenvalue weighted by molar-refractivity contribution is -0.116. The topological polar surface area (TPSA) is 144 Å². The van der Waals surface area contributed by atoms with E-state index < -0.39 is 28.0 Å². The van der Waals surface area contributed by atoms with Crippen molar-refractivity contribution in [2.45, 2.75) is 17.4 Å². The Kier molecular flexibility index (Phi) is 6.19. The lowest BCUT2D eigenvalue weighted by atomic mass is 10.0. The average molecular weight is 397 g/mol. The molecule has 0 radical (unpaired) electrons. The number of urea groups is 1. The molecule has 2 aromatic rings. The Hall–Kier alpha value is -2.62. The van der Waals surface area contributed by atoms with Crippen molar-refractivity contribution in [2.24, 2.45) is 10.9 Å². The van der Waals surface area contributed by atoms with Crippen molar-refractivity contribution in [3.8, 4) is 0 Å². The highest BCUT2D eigenvalue weighted by Crippen LogP contribution is 2.25. The summed E-state index contributed by atoms with van der Waals surface area (Å²) in [5.74, 6) is -0.424. The molecule has 0 fully saturated rings. The molecule has 0 aliphatic rings. The fraction of sp³-hybridized carbons (Fsp3) is 0.125. The van der Waals surface area contributed by atoms with E-state index in [1.165, 1.54) is 24.3 Å². The molecule has 2 aromatic carbocycles. The van der Waals surface area contributed by atoms with Crippen LogP contribution in [0.3, 0.4) is 0 Å². The molecular weight excluding hydrogens is 380 g/mol. The molecule has 10 heteroatoms. The summed E-state index contributed by atoms with van der Waals surface area (Å²) in [7, 11) is -3.81. The van der Waals surface area contributed by atoms with Crippen LogP contribution in [0.5, 0.6) is 0 Å². The van der Waals surface area contributed by atoms with Gasteiger partial charge in [-0.05, 0) is 35.9 Å². The van der Waals surface area contributed by atoms with Gasteiger partial charge in [-0.15, -0.1) is 0 Å². The Morgan fingerprint density at radius 2 is 1.69 bits per heavy atom. The van der Waals surface area contributed by atoms with Gasteiger partial charge in [-0.25, -0.2) is 18.4 Å². The van der Waals surface area contributed by atoms with Crippen LogP contribution in [0.2, 0.25) is 5.02 Å². The van der Waals surface area contributed by atoms with E-state index in [2.05, 4.69) is 10.6 Å². The van der Waals surface area contributed by atoms with Gasteiger partial charge in [0.15, 0.2) is 0 Å². The van der Waals surface area contributed by atoms with E-state index in [0.29, 0.717) is 16.3 Å². The van der Waals surface area contributed by atoms with Gasteiger partial charge in [0, 0.05) is 10.7 Å². The number of hydrogen-bond donors (Lipinski definition) is 4. The number of halogens is 1. The molecule has 2 rings (SSSR count). The molecule has 26 heavy (non-hydrogen) atoms. The van der Waals surface area contributed by atoms with Gasteiger partial charge in [0.25, 0.3) is 0 Å². The lowest BCUT2D eigenvalue weighted by Gasteiger charge is -2.19. The highest BCUT2D eigenvalue weighted by molar-refractivity contribution is 7.89. The number of hydrogen-bond acceptors (Lipinski definition) is 4. The van der Waals surface area contributed by atoms with Crippen molar-refractivity contribution in [1.82, 2.24) is 5.32 Å². The second kappa shape index (κ2) is 8.17. The first-order valence-electron chi connectivity index (χ1n) is 7.40. The van der Waals surface area contributed by atoms with Gasteiger partial charge in [0.1, 0.15) is 0 Å². The molecule has 3 amide bonds. The van der Waals surface area contributed by atoms with E-state index >= 15 is 0 Å². The van der Waals surface area contributed by atoms with Crippen LogP contribution in [0.4, 0.5) is 10.5 Å². The van der Waals surface area contributed by atoms with Crippen LogP contribution in [0.1, 0.15) is 18.0 Å². The molecule has 1 atom stereocenters. The van der Waals surface area contributed by atoms with E-state index in [4.69, 9.17) is 22.5 Å². The molecule has 0 aliphatic carbocycles. The minimum atomic E-state index is -3.81. The molecule has 0 aromatic heterocycles. The summed E-state index contributed by atoms with van der Waals surface area (Å²) in [6.07, 6.45) is -0.121. The second-order valence-electron chi connectivity index (χ2n) is 5.40. The Bertz CT molecular complexity index is 916. The van der Waals surface area contributed by atoms with Crippen LogP contribution in [0.25, 0.3) is 0 Å². The SMILES string of the molecule is NC(=O)NC(CC(=O)Nc1ccc(S(N)(=O)=O)cc1)c1ccccc1Cl. The smallest absolute Gasteiger partial charge is 0.312 e. The number of primary amides is 1. The van der Waals surface area contributed by atoms with E-state index in [-0.39, 0.29) is 11.3 Å². The van der Waals surface area contributed by atoms with Gasteiger partial charge in [-0.3, -0.25) is 4.79 Å². The zero-order valence-corrected chi connectivity index (χ0v) is 15.0. The van der Waals surface area contributed by atoms with E-state index in [1.807, 2.05) is 0 Å². The van der Waals surface area contributed by atoms with Crippen LogP contribution in [0, 0.1) is 0 Å². The average Bonchev–Trinajstić information content (AvgIpc) is 2.54. The van der Waals surface area contributed by atoms with E-state index in [9.17, 15) is 18.0 Å². The monoisotopic (exact) mass is 396 g/mol. The van der Waals surface area contributed by atoms with Crippen molar-refractivity contribution < 1.29 is 18.0 Å². The molecule has 8 nitrogen and oxygen atoms in total. The minimum absolute atomic E-state index is 0.0696. The molecular formula is C16H17ClN4O4S. The summed E-state index contributed by atoms with van der Waals surface area (Å²) in [6.45, 7) is 0. The first-order chi connectivity index (χ1) is 12.2. The number of nitrogens with one attached hydrogen (secondary N) is 2. The first-order valence-corrected chi connectivity index (χ1v) is 9.32. The number of carbonyl (C=O) groups is 2. The number of nitrogens with two attached hydrogens (primary N) is 2. The Morgan fingerprint density at radius 3 is 2.23 bits per heavy atom. The quantitative estimate of drug-likeness (QED) is 0.589. The number of amides is 3. The van der Waals surface area contributed by atoms with Crippen LogP contribution in [0.15, 0.2) is 53.4 Å². The van der Waals surface area contributed by atoms with Gasteiger partial charge in [0.2, 0.25) is 15.9 Å². The van der Waals surface area contributed by atoms with Gasteiger partial charge in [-0.2, -0.15) is 0 Å². The van der Waals surface area contributed by atoms with Gasteiger partial charge < -0.3 is 16.4 Å². The maximum Gasteiger partial charge on any atom is 0.312 e. The Balaban J connectivity index is 2.12. The van der Waals surface area contributed by atoms with Gasteiger partial charge in [0.05, 0.1) is 17.4 Å². The fourth-order valence-electron chi connectivity index (χ4n) is 2.29. The van der Waals surface area contributed by atoms with Gasteiger partial charge >= 0.3 is 6.03 Å². The molecule has 0 spiro atoms. The predicted octanol–water partition coefficient (Wildman–Crippen LogP) is 1.73. The standard InChI is InChI=1S/C16H17ClN4O4S/c17-13-4-2-1-3-12(13)14(21-16(18)23)9-15(22)20-10-5-7-11(8-6-10)26(19,24)25/h1-8,14H,9H2,(H,20,22)(H3,18,21,23)(H2,19,24,25). The summed E-state index contributed by atoms with van der Waals surface area (Å²) in [6, 6.07) is 10.6. The van der Waals surface area contributed by atoms with Crippen molar-refractivity contribution in [3.05, 3.63) is 59.1 Å². The molecule has 138 valence electrons. The molecule has 0 saturated carbocycles. The van der Waals surface area contributed by atoms with Crippen molar-refractivity contribution in [2.75, 3.05) is 5.32 Å². The largest absolute Gasteiger partial charge is 0.352 e. The van der Waals surface area contributed by atoms with Crippen LogP contribution in [-0.4, -0.2) is 20.4 Å². The van der Waals surface area contributed by atoms with E-state index in [1.54, 1.807) is 24.3 Å². The summed E-state index contributed by atoms with van der Waals surface area (Å²) in [5.41, 5.74) is 6.10. The number of rotatable bonds is 6.